The number of hydrogen-bond acceptors (Lipinski definition) is 5. The average Bonchev–Trinajstić information content (AvgIpc) is 2.98. The highest BCUT2D eigenvalue weighted by molar-refractivity contribution is 9.10. The van der Waals surface area contributed by atoms with Crippen LogP contribution >= 0.6 is 27.7 Å². The van der Waals surface area contributed by atoms with Gasteiger partial charge in [-0.1, -0.05) is 42.5 Å². The minimum atomic E-state index is -0.459. The molecule has 0 aliphatic heterocycles. The Bertz CT molecular complexity index is 1540. The summed E-state index contributed by atoms with van der Waals surface area (Å²) in [5, 5.41) is 8.49. The van der Waals surface area contributed by atoms with Gasteiger partial charge in [0.2, 0.25) is 5.91 Å². The first-order valence-corrected chi connectivity index (χ1v) is 14.5. The zero-order chi connectivity index (χ0) is 29.2. The van der Waals surface area contributed by atoms with Crippen LogP contribution in [0.3, 0.4) is 0 Å². The average molecular weight is 630 g/mol. The second-order valence-corrected chi connectivity index (χ2v) is 11.1. The van der Waals surface area contributed by atoms with Crippen molar-refractivity contribution in [2.75, 3.05) is 35.4 Å². The van der Waals surface area contributed by atoms with Gasteiger partial charge in [0.15, 0.2) is 0 Å². The number of benzene rings is 4. The lowest BCUT2D eigenvalue weighted by Gasteiger charge is -2.13. The molecule has 208 valence electrons. The van der Waals surface area contributed by atoms with Crippen LogP contribution in [0.1, 0.15) is 15.9 Å². The van der Waals surface area contributed by atoms with Gasteiger partial charge in [-0.3, -0.25) is 14.4 Å². The fraction of sp³-hybridized carbons (Fsp3) is 0.0938. The van der Waals surface area contributed by atoms with Gasteiger partial charge in [-0.2, -0.15) is 0 Å². The lowest BCUT2D eigenvalue weighted by Crippen LogP contribution is -2.30. The Hall–Kier alpha value is -4.34. The zero-order valence-corrected chi connectivity index (χ0v) is 25.0. The smallest absolute Gasteiger partial charge is 0.272 e. The third-order valence-corrected chi connectivity index (χ3v) is 7.58. The number of para-hydroxylation sites is 1. The van der Waals surface area contributed by atoms with Crippen LogP contribution in [0.15, 0.2) is 118 Å². The highest BCUT2D eigenvalue weighted by Gasteiger charge is 2.15. The summed E-state index contributed by atoms with van der Waals surface area (Å²) in [5.74, 6) is -0.733. The zero-order valence-electron chi connectivity index (χ0n) is 22.6. The topological polar surface area (TPSA) is 90.5 Å². The summed E-state index contributed by atoms with van der Waals surface area (Å²) in [6.45, 7) is 0. The van der Waals surface area contributed by atoms with E-state index in [1.54, 1.807) is 42.5 Å². The van der Waals surface area contributed by atoms with Crippen LogP contribution in [0.2, 0.25) is 0 Å². The lowest BCUT2D eigenvalue weighted by molar-refractivity contribution is -0.114. The number of hydrogen-bond donors (Lipinski definition) is 3. The Morgan fingerprint density at radius 3 is 2.12 bits per heavy atom. The fourth-order valence-corrected chi connectivity index (χ4v) is 4.79. The quantitative estimate of drug-likeness (QED) is 0.135. The maximum atomic E-state index is 13.3. The summed E-state index contributed by atoms with van der Waals surface area (Å²) in [6, 6.07) is 31.0. The van der Waals surface area contributed by atoms with Gasteiger partial charge in [-0.25, -0.2) is 0 Å². The molecule has 0 aromatic heterocycles. The molecule has 0 aliphatic rings. The monoisotopic (exact) mass is 628 g/mol. The van der Waals surface area contributed by atoms with Crippen molar-refractivity contribution < 1.29 is 14.4 Å². The molecule has 0 atom stereocenters. The van der Waals surface area contributed by atoms with Crippen LogP contribution in [0.4, 0.5) is 17.1 Å². The normalized spacial score (nSPS) is 11.0. The van der Waals surface area contributed by atoms with E-state index in [4.69, 9.17) is 0 Å². The van der Waals surface area contributed by atoms with Gasteiger partial charge in [0.05, 0.1) is 11.4 Å². The third kappa shape index (κ3) is 8.83. The molecule has 0 aliphatic carbocycles. The first kappa shape index (κ1) is 29.6. The van der Waals surface area contributed by atoms with Crippen molar-refractivity contribution in [3.63, 3.8) is 0 Å². The lowest BCUT2D eigenvalue weighted by atomic mass is 10.1. The predicted molar refractivity (Wildman–Crippen MR) is 171 cm³/mol. The van der Waals surface area contributed by atoms with Gasteiger partial charge in [0.25, 0.3) is 11.8 Å². The van der Waals surface area contributed by atoms with E-state index in [-0.39, 0.29) is 23.3 Å². The van der Waals surface area contributed by atoms with E-state index in [9.17, 15) is 14.4 Å². The second kappa shape index (κ2) is 14.3. The van der Waals surface area contributed by atoms with E-state index >= 15 is 0 Å². The molecule has 4 aromatic carbocycles. The van der Waals surface area contributed by atoms with E-state index in [0.29, 0.717) is 16.9 Å². The molecule has 0 radical (unpaired) electrons. The Labute approximate surface area is 252 Å². The first-order valence-electron chi connectivity index (χ1n) is 12.7. The van der Waals surface area contributed by atoms with Crippen molar-refractivity contribution >= 4 is 68.6 Å². The number of anilines is 3. The summed E-state index contributed by atoms with van der Waals surface area (Å²) >= 11 is 4.81. The minimum Gasteiger partial charge on any atom is -0.378 e. The molecule has 4 aromatic rings. The molecule has 0 spiro atoms. The van der Waals surface area contributed by atoms with Gasteiger partial charge in [0, 0.05) is 40.4 Å². The standard InChI is InChI=1S/C32H29BrN4O3S/c1-37(2)25-16-12-22(13-17-25)20-29(36-31(39)23-8-4-3-5-9-23)32(40)34-24-14-18-26(19-15-24)41-21-30(38)35-28-11-7-6-10-27(28)33/h3-20H,21H2,1-2H3,(H,34,40)(H,35,38)(H,36,39)/b29-20-. The third-order valence-electron chi connectivity index (χ3n) is 5.88. The number of amides is 3. The second-order valence-electron chi connectivity index (χ2n) is 9.16. The molecule has 0 heterocycles. The number of carbonyl (C=O) groups is 3. The Morgan fingerprint density at radius 2 is 1.46 bits per heavy atom. The number of nitrogens with zero attached hydrogens (tertiary/aromatic N) is 1. The van der Waals surface area contributed by atoms with Crippen molar-refractivity contribution in [3.05, 3.63) is 124 Å². The molecule has 0 saturated carbocycles. The number of rotatable bonds is 10. The van der Waals surface area contributed by atoms with E-state index in [1.807, 2.05) is 85.7 Å². The van der Waals surface area contributed by atoms with E-state index in [0.717, 1.165) is 20.6 Å². The molecule has 9 heteroatoms. The maximum Gasteiger partial charge on any atom is 0.272 e. The molecule has 0 saturated heterocycles. The van der Waals surface area contributed by atoms with Gasteiger partial charge in [0.1, 0.15) is 5.70 Å². The maximum absolute atomic E-state index is 13.3. The van der Waals surface area contributed by atoms with Crippen molar-refractivity contribution in [2.24, 2.45) is 0 Å². The Morgan fingerprint density at radius 1 is 0.805 bits per heavy atom. The molecule has 7 nitrogen and oxygen atoms in total. The van der Waals surface area contributed by atoms with Crippen LogP contribution in [0.25, 0.3) is 6.08 Å². The number of thioether (sulfide) groups is 1. The summed E-state index contributed by atoms with van der Waals surface area (Å²) in [7, 11) is 3.90. The van der Waals surface area contributed by atoms with Crippen molar-refractivity contribution in [2.45, 2.75) is 4.90 Å². The summed E-state index contributed by atoms with van der Waals surface area (Å²) in [5.41, 5.74) is 3.61. The summed E-state index contributed by atoms with van der Waals surface area (Å²) in [6.07, 6.45) is 1.64. The Kier molecular flexibility index (Phi) is 10.4. The fourth-order valence-electron chi connectivity index (χ4n) is 3.71. The van der Waals surface area contributed by atoms with E-state index in [1.165, 1.54) is 11.8 Å². The summed E-state index contributed by atoms with van der Waals surface area (Å²) in [4.78, 5) is 41.4. The molecule has 3 N–H and O–H groups in total. The minimum absolute atomic E-state index is 0.110. The van der Waals surface area contributed by atoms with E-state index < -0.39 is 5.91 Å². The van der Waals surface area contributed by atoms with Gasteiger partial charge in [-0.15, -0.1) is 11.8 Å². The van der Waals surface area contributed by atoms with Gasteiger partial charge >= 0.3 is 0 Å². The molecule has 3 amide bonds. The van der Waals surface area contributed by atoms with Crippen LogP contribution in [0, 0.1) is 0 Å². The molecular weight excluding hydrogens is 600 g/mol. The SMILES string of the molecule is CN(C)c1ccc(/C=C(\NC(=O)c2ccccc2)C(=O)Nc2ccc(SCC(=O)Nc3ccccc3Br)cc2)cc1. The van der Waals surface area contributed by atoms with Gasteiger partial charge < -0.3 is 20.9 Å². The molecule has 0 fully saturated rings. The van der Waals surface area contributed by atoms with Crippen molar-refractivity contribution in [3.8, 4) is 0 Å². The number of carbonyl (C=O) groups excluding carboxylic acids is 3. The molecule has 0 bridgehead atoms. The molecular formula is C32H29BrN4O3S. The molecule has 4 rings (SSSR count). The summed E-state index contributed by atoms with van der Waals surface area (Å²) < 4.78 is 0.817. The van der Waals surface area contributed by atoms with Crippen LogP contribution in [0.5, 0.6) is 0 Å². The molecule has 41 heavy (non-hydrogen) atoms. The van der Waals surface area contributed by atoms with E-state index in [2.05, 4.69) is 31.9 Å². The van der Waals surface area contributed by atoms with Gasteiger partial charge in [-0.05, 0) is 88.2 Å². The van der Waals surface area contributed by atoms with Crippen molar-refractivity contribution in [1.82, 2.24) is 5.32 Å². The van der Waals surface area contributed by atoms with Crippen LogP contribution in [-0.4, -0.2) is 37.6 Å². The number of halogens is 1. The highest BCUT2D eigenvalue weighted by Crippen LogP contribution is 2.24. The largest absolute Gasteiger partial charge is 0.378 e. The molecule has 0 unspecified atom stereocenters. The van der Waals surface area contributed by atoms with Crippen molar-refractivity contribution in [1.29, 1.82) is 0 Å². The van der Waals surface area contributed by atoms with Crippen LogP contribution < -0.4 is 20.9 Å². The first-order chi connectivity index (χ1) is 19.8. The number of nitrogens with one attached hydrogen (secondary N) is 3. The predicted octanol–water partition coefficient (Wildman–Crippen LogP) is 6.66. The Balaban J connectivity index is 1.42. The van der Waals surface area contributed by atoms with Crippen LogP contribution in [-0.2, 0) is 9.59 Å². The highest BCUT2D eigenvalue weighted by atomic mass is 79.9.